The van der Waals surface area contributed by atoms with Gasteiger partial charge in [-0.1, -0.05) is 20.3 Å². The zero-order chi connectivity index (χ0) is 16.1. The minimum atomic E-state index is 0.189. The lowest BCUT2D eigenvalue weighted by atomic mass is 9.90. The van der Waals surface area contributed by atoms with E-state index in [-0.39, 0.29) is 5.75 Å². The standard InChI is InChI=1S/C17H27BrN2O2/c1-4-12(3)16(20-8-6-19-7-9-20)13-10-14(18)17(21)15(11-13)22-5-2/h10-12,16,19,21H,4-9H2,1-3H3/t12?,16-/m0/s1. The summed E-state index contributed by atoms with van der Waals surface area (Å²) in [5, 5.41) is 13.6. The fourth-order valence-electron chi connectivity index (χ4n) is 3.11. The average molecular weight is 371 g/mol. The molecule has 2 rings (SSSR count). The van der Waals surface area contributed by atoms with Crippen LogP contribution in [0.3, 0.4) is 0 Å². The van der Waals surface area contributed by atoms with Crippen LogP contribution >= 0.6 is 15.9 Å². The van der Waals surface area contributed by atoms with Crippen molar-refractivity contribution in [2.45, 2.75) is 33.2 Å². The fourth-order valence-corrected chi connectivity index (χ4v) is 3.57. The first kappa shape index (κ1) is 17.6. The molecule has 4 nitrogen and oxygen atoms in total. The molecule has 1 heterocycles. The first-order chi connectivity index (χ1) is 10.6. The Bertz CT molecular complexity index is 490. The number of rotatable bonds is 6. The maximum absolute atomic E-state index is 10.1. The van der Waals surface area contributed by atoms with E-state index in [1.54, 1.807) is 0 Å². The van der Waals surface area contributed by atoms with Gasteiger partial charge < -0.3 is 15.2 Å². The third kappa shape index (κ3) is 3.94. The molecule has 0 bridgehead atoms. The van der Waals surface area contributed by atoms with Crippen molar-refractivity contribution in [2.24, 2.45) is 5.92 Å². The molecule has 2 atom stereocenters. The quantitative estimate of drug-likeness (QED) is 0.803. The van der Waals surface area contributed by atoms with E-state index in [1.165, 1.54) is 5.56 Å². The second-order valence-electron chi connectivity index (χ2n) is 5.90. The predicted molar refractivity (Wildman–Crippen MR) is 93.6 cm³/mol. The minimum absolute atomic E-state index is 0.189. The van der Waals surface area contributed by atoms with Gasteiger partial charge in [0.15, 0.2) is 11.5 Å². The van der Waals surface area contributed by atoms with Gasteiger partial charge in [0, 0.05) is 32.2 Å². The maximum Gasteiger partial charge on any atom is 0.172 e. The van der Waals surface area contributed by atoms with Gasteiger partial charge in [-0.2, -0.15) is 0 Å². The third-order valence-electron chi connectivity index (χ3n) is 4.42. The Morgan fingerprint density at radius 3 is 2.59 bits per heavy atom. The van der Waals surface area contributed by atoms with E-state index in [0.717, 1.165) is 32.6 Å². The first-order valence-electron chi connectivity index (χ1n) is 8.18. The van der Waals surface area contributed by atoms with Crippen LogP contribution in [0, 0.1) is 5.92 Å². The van der Waals surface area contributed by atoms with Crippen LogP contribution in [0.25, 0.3) is 0 Å². The van der Waals surface area contributed by atoms with Crippen LogP contribution in [-0.2, 0) is 0 Å². The molecule has 0 spiro atoms. The van der Waals surface area contributed by atoms with Crippen LogP contribution in [0.2, 0.25) is 0 Å². The summed E-state index contributed by atoms with van der Waals surface area (Å²) in [6.45, 7) is 11.2. The number of ether oxygens (including phenoxy) is 1. The molecule has 22 heavy (non-hydrogen) atoms. The van der Waals surface area contributed by atoms with Crippen LogP contribution in [0.15, 0.2) is 16.6 Å². The molecule has 5 heteroatoms. The van der Waals surface area contributed by atoms with E-state index in [0.29, 0.717) is 28.8 Å². The second kappa shape index (κ2) is 8.18. The number of phenolic OH excluding ortho intramolecular Hbond substituents is 1. The Hall–Kier alpha value is -0.780. The van der Waals surface area contributed by atoms with E-state index in [4.69, 9.17) is 4.74 Å². The molecule has 1 aromatic rings. The highest BCUT2D eigenvalue weighted by atomic mass is 79.9. The van der Waals surface area contributed by atoms with Gasteiger partial charge in [-0.3, -0.25) is 4.90 Å². The van der Waals surface area contributed by atoms with Gasteiger partial charge in [0.2, 0.25) is 0 Å². The molecule has 1 aromatic carbocycles. The van der Waals surface area contributed by atoms with Crippen molar-refractivity contribution in [3.8, 4) is 11.5 Å². The number of hydrogen-bond donors (Lipinski definition) is 2. The molecular weight excluding hydrogens is 344 g/mol. The van der Waals surface area contributed by atoms with Crippen LogP contribution in [0.5, 0.6) is 11.5 Å². The molecule has 1 saturated heterocycles. The van der Waals surface area contributed by atoms with Crippen molar-refractivity contribution in [3.63, 3.8) is 0 Å². The molecule has 0 aromatic heterocycles. The van der Waals surface area contributed by atoms with Crippen LogP contribution in [-0.4, -0.2) is 42.8 Å². The maximum atomic E-state index is 10.1. The summed E-state index contributed by atoms with van der Waals surface area (Å²) in [5.41, 5.74) is 1.21. The van der Waals surface area contributed by atoms with E-state index in [2.05, 4.69) is 40.0 Å². The summed E-state index contributed by atoms with van der Waals surface area (Å²) in [4.78, 5) is 2.54. The molecule has 0 aliphatic carbocycles. The van der Waals surface area contributed by atoms with Crippen molar-refractivity contribution >= 4 is 15.9 Å². The summed E-state index contributed by atoms with van der Waals surface area (Å²) >= 11 is 3.47. The van der Waals surface area contributed by atoms with Crippen LogP contribution < -0.4 is 10.1 Å². The van der Waals surface area contributed by atoms with Gasteiger partial charge in [-0.25, -0.2) is 0 Å². The molecule has 1 aliphatic rings. The number of benzene rings is 1. The largest absolute Gasteiger partial charge is 0.503 e. The molecule has 0 amide bonds. The third-order valence-corrected chi connectivity index (χ3v) is 5.02. The molecule has 1 unspecified atom stereocenters. The summed E-state index contributed by atoms with van der Waals surface area (Å²) in [7, 11) is 0. The number of piperazine rings is 1. The molecule has 124 valence electrons. The van der Waals surface area contributed by atoms with E-state index in [9.17, 15) is 5.11 Å². The summed E-state index contributed by atoms with van der Waals surface area (Å²) in [6, 6.07) is 4.39. The molecule has 1 aliphatic heterocycles. The van der Waals surface area contributed by atoms with Gasteiger partial charge in [0.25, 0.3) is 0 Å². The van der Waals surface area contributed by atoms with Crippen molar-refractivity contribution < 1.29 is 9.84 Å². The van der Waals surface area contributed by atoms with Gasteiger partial charge in [-0.15, -0.1) is 0 Å². The lowest BCUT2D eigenvalue weighted by molar-refractivity contribution is 0.128. The lowest BCUT2D eigenvalue weighted by Gasteiger charge is -2.38. The van der Waals surface area contributed by atoms with Crippen molar-refractivity contribution in [2.75, 3.05) is 32.8 Å². The van der Waals surface area contributed by atoms with Gasteiger partial charge >= 0.3 is 0 Å². The zero-order valence-corrected chi connectivity index (χ0v) is 15.3. The highest BCUT2D eigenvalue weighted by molar-refractivity contribution is 9.10. The molecule has 0 saturated carbocycles. The van der Waals surface area contributed by atoms with E-state index < -0.39 is 0 Å². The molecular formula is C17H27BrN2O2. The average Bonchev–Trinajstić information content (AvgIpc) is 2.53. The molecule has 0 radical (unpaired) electrons. The van der Waals surface area contributed by atoms with Crippen LogP contribution in [0.1, 0.15) is 38.8 Å². The van der Waals surface area contributed by atoms with Gasteiger partial charge in [-0.05, 0) is 46.5 Å². The SMILES string of the molecule is CCOc1cc([C@H](C(C)CC)N2CCNCC2)cc(Br)c1O. The highest BCUT2D eigenvalue weighted by Crippen LogP contribution is 2.40. The van der Waals surface area contributed by atoms with Gasteiger partial charge in [0.05, 0.1) is 11.1 Å². The Morgan fingerprint density at radius 1 is 1.32 bits per heavy atom. The Labute approximate surface area is 142 Å². The second-order valence-corrected chi connectivity index (χ2v) is 6.75. The first-order valence-corrected chi connectivity index (χ1v) is 8.97. The number of phenols is 1. The minimum Gasteiger partial charge on any atom is -0.503 e. The van der Waals surface area contributed by atoms with E-state index in [1.807, 2.05) is 19.1 Å². The van der Waals surface area contributed by atoms with Crippen molar-refractivity contribution in [1.29, 1.82) is 0 Å². The Morgan fingerprint density at radius 2 is 2.00 bits per heavy atom. The highest BCUT2D eigenvalue weighted by Gasteiger charge is 2.28. The number of aromatic hydroxyl groups is 1. The normalized spacial score (nSPS) is 18.9. The monoisotopic (exact) mass is 370 g/mol. The zero-order valence-electron chi connectivity index (χ0n) is 13.7. The van der Waals surface area contributed by atoms with Gasteiger partial charge in [0.1, 0.15) is 0 Å². The summed E-state index contributed by atoms with van der Waals surface area (Å²) < 4.78 is 6.30. The Kier molecular flexibility index (Phi) is 6.53. The van der Waals surface area contributed by atoms with E-state index >= 15 is 0 Å². The predicted octanol–water partition coefficient (Wildman–Crippen LogP) is 3.55. The molecule has 1 fully saturated rings. The summed E-state index contributed by atoms with van der Waals surface area (Å²) in [5.74, 6) is 1.30. The topological polar surface area (TPSA) is 44.7 Å². The Balaban J connectivity index is 2.37. The number of halogens is 1. The summed E-state index contributed by atoms with van der Waals surface area (Å²) in [6.07, 6.45) is 1.12. The number of nitrogens with zero attached hydrogens (tertiary/aromatic N) is 1. The smallest absolute Gasteiger partial charge is 0.172 e. The number of nitrogens with one attached hydrogen (secondary N) is 1. The van der Waals surface area contributed by atoms with Crippen molar-refractivity contribution in [3.05, 3.63) is 22.2 Å². The lowest BCUT2D eigenvalue weighted by Crippen LogP contribution is -2.46. The molecule has 2 N–H and O–H groups in total. The number of hydrogen-bond acceptors (Lipinski definition) is 4. The fraction of sp³-hybridized carbons (Fsp3) is 0.647. The van der Waals surface area contributed by atoms with Crippen LogP contribution in [0.4, 0.5) is 0 Å². The van der Waals surface area contributed by atoms with Crippen molar-refractivity contribution in [1.82, 2.24) is 10.2 Å².